The van der Waals surface area contributed by atoms with Crippen molar-refractivity contribution in [1.82, 2.24) is 5.32 Å². The van der Waals surface area contributed by atoms with E-state index in [4.69, 9.17) is 0 Å². The van der Waals surface area contributed by atoms with Crippen LogP contribution < -0.4 is 9.62 Å². The molecule has 1 N–H and O–H groups in total. The monoisotopic (exact) mass is 402 g/mol. The first kappa shape index (κ1) is 22.0. The van der Waals surface area contributed by atoms with Crippen LogP contribution >= 0.6 is 0 Å². The largest absolute Gasteiger partial charge is 0.350 e. The van der Waals surface area contributed by atoms with Gasteiger partial charge in [-0.1, -0.05) is 42.0 Å². The average molecular weight is 403 g/mol. The molecule has 1 amide bonds. The van der Waals surface area contributed by atoms with Crippen LogP contribution in [0.1, 0.15) is 48.1 Å². The van der Waals surface area contributed by atoms with Crippen LogP contribution in [0.4, 0.5) is 5.69 Å². The number of rotatable bonds is 8. The van der Waals surface area contributed by atoms with Crippen LogP contribution in [0.3, 0.4) is 0 Å². The summed E-state index contributed by atoms with van der Waals surface area (Å²) in [6.45, 7) is 8.18. The minimum atomic E-state index is -3.41. The Labute approximate surface area is 168 Å². The summed E-state index contributed by atoms with van der Waals surface area (Å²) in [4.78, 5) is 12.4. The first-order valence-corrected chi connectivity index (χ1v) is 11.3. The summed E-state index contributed by atoms with van der Waals surface area (Å²) in [6, 6.07) is 13.5. The van der Waals surface area contributed by atoms with Crippen LogP contribution in [0.25, 0.3) is 0 Å². The van der Waals surface area contributed by atoms with E-state index in [2.05, 4.69) is 23.5 Å². The molecule has 0 heterocycles. The zero-order chi connectivity index (χ0) is 20.9. The minimum absolute atomic E-state index is 0.0772. The summed E-state index contributed by atoms with van der Waals surface area (Å²) in [6.07, 6.45) is 1.92. The molecule has 0 bridgehead atoms. The Morgan fingerprint density at radius 1 is 1.07 bits per heavy atom. The first-order chi connectivity index (χ1) is 13.1. The van der Waals surface area contributed by atoms with E-state index in [0.717, 1.165) is 22.3 Å². The predicted molar refractivity (Wildman–Crippen MR) is 115 cm³/mol. The van der Waals surface area contributed by atoms with E-state index in [-0.39, 0.29) is 24.9 Å². The normalized spacial score (nSPS) is 12.5. The maximum Gasteiger partial charge on any atom is 0.232 e. The van der Waals surface area contributed by atoms with Gasteiger partial charge in [0.2, 0.25) is 15.9 Å². The van der Waals surface area contributed by atoms with Gasteiger partial charge >= 0.3 is 0 Å². The summed E-state index contributed by atoms with van der Waals surface area (Å²) in [5.74, 6) is -0.0772. The number of nitrogens with zero attached hydrogens (tertiary/aromatic N) is 1. The van der Waals surface area contributed by atoms with Crippen molar-refractivity contribution in [3.63, 3.8) is 0 Å². The fourth-order valence-corrected chi connectivity index (χ4v) is 4.33. The van der Waals surface area contributed by atoms with Gasteiger partial charge in [0.15, 0.2) is 0 Å². The molecular formula is C22H30N2O3S. The molecule has 0 aliphatic heterocycles. The number of benzene rings is 2. The molecule has 2 aromatic carbocycles. The van der Waals surface area contributed by atoms with Crippen LogP contribution in [0.2, 0.25) is 0 Å². The summed E-state index contributed by atoms with van der Waals surface area (Å²) >= 11 is 0. The first-order valence-electron chi connectivity index (χ1n) is 9.49. The molecule has 6 heteroatoms. The lowest BCUT2D eigenvalue weighted by Crippen LogP contribution is -2.33. The topological polar surface area (TPSA) is 66.5 Å². The molecule has 0 spiro atoms. The fraction of sp³-hybridized carbons (Fsp3) is 0.409. The molecule has 0 fully saturated rings. The van der Waals surface area contributed by atoms with Gasteiger partial charge in [0.05, 0.1) is 18.0 Å². The van der Waals surface area contributed by atoms with Gasteiger partial charge in [-0.05, 0) is 56.9 Å². The second-order valence-corrected chi connectivity index (χ2v) is 9.28. The molecule has 0 unspecified atom stereocenters. The third-order valence-corrected chi connectivity index (χ3v) is 6.01. The van der Waals surface area contributed by atoms with Crippen LogP contribution in [0.5, 0.6) is 0 Å². The summed E-state index contributed by atoms with van der Waals surface area (Å²) in [7, 11) is -3.41. The van der Waals surface area contributed by atoms with Crippen LogP contribution in [0.15, 0.2) is 42.5 Å². The third kappa shape index (κ3) is 5.83. The number of carbonyl (C=O) groups is 1. The molecule has 152 valence electrons. The number of para-hydroxylation sites is 1. The predicted octanol–water partition coefficient (Wildman–Crippen LogP) is 4.04. The van der Waals surface area contributed by atoms with Crippen molar-refractivity contribution >= 4 is 21.6 Å². The molecule has 0 radical (unpaired) electrons. The van der Waals surface area contributed by atoms with Crippen molar-refractivity contribution in [3.8, 4) is 0 Å². The zero-order valence-electron chi connectivity index (χ0n) is 17.3. The Balaban J connectivity index is 1.98. The maximum atomic E-state index is 12.4. The van der Waals surface area contributed by atoms with Crippen molar-refractivity contribution in [2.45, 2.75) is 46.6 Å². The lowest BCUT2D eigenvalue weighted by atomic mass is 10.00. The number of hydrogen-bond acceptors (Lipinski definition) is 3. The van der Waals surface area contributed by atoms with E-state index in [0.29, 0.717) is 12.1 Å². The van der Waals surface area contributed by atoms with Crippen LogP contribution in [-0.4, -0.2) is 27.1 Å². The van der Waals surface area contributed by atoms with Crippen molar-refractivity contribution in [2.75, 3.05) is 17.1 Å². The molecule has 0 saturated heterocycles. The molecule has 2 aromatic rings. The van der Waals surface area contributed by atoms with Gasteiger partial charge in [-0.2, -0.15) is 0 Å². The Bertz CT molecular complexity index is 939. The standard InChI is InChI=1S/C22H30N2O3S/c1-16-12-13-17(2)20(15-16)19(4)23-22(25)11-8-14-24(28(5,26)27)21-10-7-6-9-18(21)3/h6-7,9-10,12-13,15,19H,8,11,14H2,1-5H3,(H,23,25)/t19-/m1/s1. The van der Waals surface area contributed by atoms with E-state index in [1.54, 1.807) is 6.07 Å². The number of amides is 1. The molecular weight excluding hydrogens is 372 g/mol. The number of hydrogen-bond donors (Lipinski definition) is 1. The molecule has 5 nitrogen and oxygen atoms in total. The maximum absolute atomic E-state index is 12.4. The number of aryl methyl sites for hydroxylation is 3. The quantitative estimate of drug-likeness (QED) is 0.725. The number of nitrogens with one attached hydrogen (secondary N) is 1. The molecule has 0 aliphatic carbocycles. The fourth-order valence-electron chi connectivity index (χ4n) is 3.31. The van der Waals surface area contributed by atoms with Crippen LogP contribution in [-0.2, 0) is 14.8 Å². The number of anilines is 1. The van der Waals surface area contributed by atoms with Crippen molar-refractivity contribution in [1.29, 1.82) is 0 Å². The molecule has 0 aliphatic rings. The summed E-state index contributed by atoms with van der Waals surface area (Å²) < 4.78 is 25.8. The van der Waals surface area contributed by atoms with E-state index < -0.39 is 10.0 Å². The Kier molecular flexibility index (Phi) is 7.24. The van der Waals surface area contributed by atoms with Gasteiger partial charge < -0.3 is 5.32 Å². The summed E-state index contributed by atoms with van der Waals surface area (Å²) in [5.41, 5.74) is 4.95. The van der Waals surface area contributed by atoms with Crippen molar-refractivity contribution < 1.29 is 13.2 Å². The zero-order valence-corrected chi connectivity index (χ0v) is 18.1. The molecule has 28 heavy (non-hydrogen) atoms. The highest BCUT2D eigenvalue weighted by molar-refractivity contribution is 7.92. The number of sulfonamides is 1. The lowest BCUT2D eigenvalue weighted by Gasteiger charge is -2.24. The van der Waals surface area contributed by atoms with E-state index in [9.17, 15) is 13.2 Å². The second kappa shape index (κ2) is 9.24. The number of carbonyl (C=O) groups excluding carboxylic acids is 1. The van der Waals surface area contributed by atoms with E-state index in [1.165, 1.54) is 10.6 Å². The Morgan fingerprint density at radius 2 is 1.75 bits per heavy atom. The van der Waals surface area contributed by atoms with Gasteiger partial charge in [0, 0.05) is 13.0 Å². The summed E-state index contributed by atoms with van der Waals surface area (Å²) in [5, 5.41) is 3.02. The molecule has 0 saturated carbocycles. The van der Waals surface area contributed by atoms with Gasteiger partial charge in [-0.15, -0.1) is 0 Å². The SMILES string of the molecule is Cc1ccc(C)c([C@@H](C)NC(=O)CCCN(c2ccccc2C)S(C)(=O)=O)c1. The highest BCUT2D eigenvalue weighted by Crippen LogP contribution is 2.23. The Morgan fingerprint density at radius 3 is 2.39 bits per heavy atom. The highest BCUT2D eigenvalue weighted by atomic mass is 32.2. The second-order valence-electron chi connectivity index (χ2n) is 7.37. The smallest absolute Gasteiger partial charge is 0.232 e. The van der Waals surface area contributed by atoms with E-state index >= 15 is 0 Å². The molecule has 2 rings (SSSR count). The van der Waals surface area contributed by atoms with Crippen LogP contribution in [0, 0.1) is 20.8 Å². The van der Waals surface area contributed by atoms with Crippen molar-refractivity contribution in [3.05, 3.63) is 64.7 Å². The Hall–Kier alpha value is -2.34. The van der Waals surface area contributed by atoms with Gasteiger partial charge in [0.1, 0.15) is 0 Å². The van der Waals surface area contributed by atoms with E-state index in [1.807, 2.05) is 45.9 Å². The minimum Gasteiger partial charge on any atom is -0.350 e. The van der Waals surface area contributed by atoms with Gasteiger partial charge in [0.25, 0.3) is 0 Å². The van der Waals surface area contributed by atoms with Crippen molar-refractivity contribution in [2.24, 2.45) is 0 Å². The van der Waals surface area contributed by atoms with Gasteiger partial charge in [-0.25, -0.2) is 8.42 Å². The average Bonchev–Trinajstić information content (AvgIpc) is 2.60. The molecule has 0 aromatic heterocycles. The van der Waals surface area contributed by atoms with Gasteiger partial charge in [-0.3, -0.25) is 9.10 Å². The third-order valence-electron chi connectivity index (χ3n) is 4.83. The lowest BCUT2D eigenvalue weighted by molar-refractivity contribution is -0.121. The molecule has 1 atom stereocenters. The highest BCUT2D eigenvalue weighted by Gasteiger charge is 2.19.